The molecule has 2 bridgehead atoms. The first-order valence-electron chi connectivity index (χ1n) is 16.8. The largest absolute Gasteiger partial charge is 0.490 e. The highest BCUT2D eigenvalue weighted by atomic mass is 35.5. The van der Waals surface area contributed by atoms with Crippen molar-refractivity contribution >= 4 is 33.2 Å². The Hall–Kier alpha value is -3.34. The third-order valence-corrected chi connectivity index (χ3v) is 12.8. The van der Waals surface area contributed by atoms with Crippen molar-refractivity contribution in [2.75, 3.05) is 24.6 Å². The number of sulfonamides is 1. The summed E-state index contributed by atoms with van der Waals surface area (Å²) in [6, 6.07) is 11.5. The zero-order valence-corrected chi connectivity index (χ0v) is 28.3. The van der Waals surface area contributed by atoms with Crippen LogP contribution in [-0.4, -0.2) is 50.4 Å². The van der Waals surface area contributed by atoms with Crippen LogP contribution in [-0.2, 0) is 33.2 Å². The molecule has 47 heavy (non-hydrogen) atoms. The lowest BCUT2D eigenvalue weighted by atomic mass is 9.68. The molecule has 250 valence electrons. The van der Waals surface area contributed by atoms with E-state index < -0.39 is 21.2 Å². The Morgan fingerprint density at radius 2 is 2.06 bits per heavy atom. The molecule has 3 heterocycles. The van der Waals surface area contributed by atoms with Crippen molar-refractivity contribution in [2.45, 2.75) is 81.7 Å². The number of aryl methyl sites for hydroxylation is 1. The van der Waals surface area contributed by atoms with Crippen LogP contribution in [0.15, 0.2) is 65.4 Å². The van der Waals surface area contributed by atoms with Crippen molar-refractivity contribution < 1.29 is 27.1 Å². The van der Waals surface area contributed by atoms with E-state index in [-0.39, 0.29) is 24.0 Å². The van der Waals surface area contributed by atoms with Gasteiger partial charge < -0.3 is 18.8 Å². The van der Waals surface area contributed by atoms with Gasteiger partial charge in [0.25, 0.3) is 5.91 Å². The summed E-state index contributed by atoms with van der Waals surface area (Å²) in [7, 11) is -3.90. The van der Waals surface area contributed by atoms with Crippen molar-refractivity contribution in [3.05, 3.63) is 88.6 Å². The van der Waals surface area contributed by atoms with Crippen molar-refractivity contribution in [1.82, 2.24) is 9.71 Å². The smallest absolute Gasteiger partial charge is 0.264 e. The molecule has 2 aromatic carbocycles. The molecule has 1 amide bonds. The van der Waals surface area contributed by atoms with Gasteiger partial charge >= 0.3 is 0 Å². The summed E-state index contributed by atoms with van der Waals surface area (Å²) >= 11 is 6.44. The second kappa shape index (κ2) is 13.3. The van der Waals surface area contributed by atoms with E-state index in [0.717, 1.165) is 49.4 Å². The Bertz CT molecular complexity index is 1740. The Labute approximate surface area is 281 Å². The quantitative estimate of drug-likeness (QED) is 0.307. The lowest BCUT2D eigenvalue weighted by Gasteiger charge is -2.46. The maximum absolute atomic E-state index is 13.5. The number of amides is 1. The number of nitrogens with one attached hydrogen (secondary N) is 1. The first kappa shape index (κ1) is 32.2. The van der Waals surface area contributed by atoms with Crippen molar-refractivity contribution in [3.8, 4) is 5.75 Å². The van der Waals surface area contributed by atoms with Crippen LogP contribution < -0.4 is 14.4 Å². The number of rotatable bonds is 4. The number of allylic oxidation sites excluding steroid dienone is 1. The van der Waals surface area contributed by atoms with Gasteiger partial charge in [0.1, 0.15) is 18.6 Å². The Morgan fingerprint density at radius 1 is 1.17 bits per heavy atom. The molecule has 1 N–H and O–H groups in total. The Balaban J connectivity index is 1.28. The monoisotopic (exact) mass is 679 g/mol. The number of hydrogen-bond acceptors (Lipinski definition) is 8. The molecule has 7 rings (SSSR count). The van der Waals surface area contributed by atoms with Crippen LogP contribution in [0.1, 0.15) is 79.2 Å². The van der Waals surface area contributed by atoms with Gasteiger partial charge in [0, 0.05) is 29.1 Å². The molecule has 3 aromatic rings. The molecule has 0 radical (unpaired) electrons. The number of carbonyl (C=O) groups excluding carboxylic acids is 1. The SMILES string of the molecule is CC[C@@H]1CC/C=C\[C@H](OCc2ncco2)[C@@H]2CC[C@H]2CN2C[C@@]3(CCCc4cc(Cl)ccc43)COc3ccc(cc32)C(=O)NS1(=O)=O. The summed E-state index contributed by atoms with van der Waals surface area (Å²) in [5.74, 6) is 1.19. The lowest BCUT2D eigenvalue weighted by molar-refractivity contribution is -0.0293. The average molecular weight is 680 g/mol. The fraction of sp³-hybridized carbons (Fsp3) is 0.500. The van der Waals surface area contributed by atoms with Crippen LogP contribution in [0.2, 0.25) is 5.02 Å². The van der Waals surface area contributed by atoms with Crippen LogP contribution >= 0.6 is 11.6 Å². The summed E-state index contributed by atoms with van der Waals surface area (Å²) in [4.78, 5) is 20.1. The maximum Gasteiger partial charge on any atom is 0.264 e. The molecule has 2 aliphatic heterocycles. The van der Waals surface area contributed by atoms with Crippen LogP contribution in [0.4, 0.5) is 5.69 Å². The molecule has 2 aliphatic carbocycles. The highest BCUT2D eigenvalue weighted by Crippen LogP contribution is 2.47. The fourth-order valence-electron chi connectivity index (χ4n) is 7.97. The average Bonchev–Trinajstić information content (AvgIpc) is 3.51. The van der Waals surface area contributed by atoms with Gasteiger partial charge in [0.05, 0.1) is 29.8 Å². The first-order valence-corrected chi connectivity index (χ1v) is 18.7. The molecule has 1 fully saturated rings. The fourth-order valence-corrected chi connectivity index (χ4v) is 9.59. The van der Waals surface area contributed by atoms with E-state index in [9.17, 15) is 13.2 Å². The number of halogens is 1. The molecular formula is C36H42ClN3O6S. The summed E-state index contributed by atoms with van der Waals surface area (Å²) in [5.41, 5.74) is 3.37. The van der Waals surface area contributed by atoms with Crippen molar-refractivity contribution in [1.29, 1.82) is 0 Å². The van der Waals surface area contributed by atoms with Gasteiger partial charge in [-0.25, -0.2) is 18.1 Å². The lowest BCUT2D eigenvalue weighted by Crippen LogP contribution is -2.49. The highest BCUT2D eigenvalue weighted by molar-refractivity contribution is 7.90. The number of anilines is 1. The van der Waals surface area contributed by atoms with E-state index in [1.807, 2.05) is 31.2 Å². The minimum Gasteiger partial charge on any atom is -0.490 e. The van der Waals surface area contributed by atoms with Crippen molar-refractivity contribution in [3.63, 3.8) is 0 Å². The maximum atomic E-state index is 13.5. The van der Waals surface area contributed by atoms with Gasteiger partial charge in [-0.3, -0.25) is 4.79 Å². The predicted octanol–water partition coefficient (Wildman–Crippen LogP) is 6.60. The van der Waals surface area contributed by atoms with Gasteiger partial charge in [-0.15, -0.1) is 0 Å². The summed E-state index contributed by atoms with van der Waals surface area (Å²) in [5, 5.41) is 0.0354. The van der Waals surface area contributed by atoms with E-state index in [4.69, 9.17) is 25.5 Å². The number of benzene rings is 2. The normalized spacial score (nSPS) is 29.4. The number of carbonyl (C=O) groups is 1. The number of nitrogens with zero attached hydrogens (tertiary/aromatic N) is 2. The molecule has 11 heteroatoms. The second-order valence-corrected chi connectivity index (χ2v) is 15.9. The van der Waals surface area contributed by atoms with Crippen LogP contribution in [0.25, 0.3) is 0 Å². The molecule has 0 saturated heterocycles. The predicted molar refractivity (Wildman–Crippen MR) is 180 cm³/mol. The highest BCUT2D eigenvalue weighted by Gasteiger charge is 2.44. The first-order chi connectivity index (χ1) is 22.7. The third kappa shape index (κ3) is 6.56. The molecule has 9 nitrogen and oxygen atoms in total. The van der Waals surface area contributed by atoms with E-state index in [2.05, 4.69) is 32.8 Å². The molecule has 4 aliphatic rings. The van der Waals surface area contributed by atoms with Gasteiger partial charge in [0.15, 0.2) is 0 Å². The Kier molecular flexibility index (Phi) is 9.11. The standard InChI is InChI=1S/C36H42ClN3O6S/c1-2-28-7-3-4-8-32(45-21-34-38-16-17-44-34)29-12-9-26(29)20-40-22-36(15-5-6-24-18-27(37)11-13-30(24)36)23-46-33-14-10-25(19-31(33)40)35(41)39-47(28,42)43/h4,8,10-11,13-14,16-19,26,28-29,32H,2-3,5-7,9,12,15,20-23H2,1H3,(H,39,41)/b8-4-/t26-,28+,29+,32-,36-/m0/s1. The zero-order chi connectivity index (χ0) is 32.6. The minimum atomic E-state index is -3.90. The van der Waals surface area contributed by atoms with Gasteiger partial charge in [-0.2, -0.15) is 0 Å². The van der Waals surface area contributed by atoms with Crippen LogP contribution in [0.5, 0.6) is 5.75 Å². The second-order valence-electron chi connectivity index (χ2n) is 13.5. The summed E-state index contributed by atoms with van der Waals surface area (Å²) in [6.07, 6.45) is 13.5. The molecular weight excluding hydrogens is 638 g/mol. The van der Waals surface area contributed by atoms with Gasteiger partial charge in [-0.1, -0.05) is 36.7 Å². The zero-order valence-electron chi connectivity index (χ0n) is 26.7. The molecule has 5 atom stereocenters. The minimum absolute atomic E-state index is 0.175. The molecule has 1 saturated carbocycles. The number of fused-ring (bicyclic) bond motifs is 4. The third-order valence-electron chi connectivity index (χ3n) is 10.6. The summed E-state index contributed by atoms with van der Waals surface area (Å²) < 4.78 is 47.7. The number of aromatic nitrogens is 1. The number of hydrogen-bond donors (Lipinski definition) is 1. The Morgan fingerprint density at radius 3 is 2.85 bits per heavy atom. The number of oxazole rings is 1. The van der Waals surface area contributed by atoms with E-state index in [1.165, 1.54) is 11.1 Å². The molecule has 0 unspecified atom stereocenters. The topological polar surface area (TPSA) is 111 Å². The van der Waals surface area contributed by atoms with E-state index >= 15 is 0 Å². The van der Waals surface area contributed by atoms with Gasteiger partial charge in [0.2, 0.25) is 15.9 Å². The van der Waals surface area contributed by atoms with Gasteiger partial charge in [-0.05, 0) is 105 Å². The van der Waals surface area contributed by atoms with Crippen LogP contribution in [0, 0.1) is 11.8 Å². The number of ether oxygens (including phenoxy) is 2. The van der Waals surface area contributed by atoms with Crippen molar-refractivity contribution in [2.24, 2.45) is 11.8 Å². The molecule has 1 spiro atoms. The van der Waals surface area contributed by atoms with E-state index in [0.29, 0.717) is 55.5 Å². The van der Waals surface area contributed by atoms with E-state index in [1.54, 1.807) is 18.5 Å². The van der Waals surface area contributed by atoms with Crippen LogP contribution in [0.3, 0.4) is 0 Å². The summed E-state index contributed by atoms with van der Waals surface area (Å²) in [6.45, 7) is 4.05. The molecule has 1 aromatic heterocycles.